The van der Waals surface area contributed by atoms with Gasteiger partial charge in [0.2, 0.25) is 0 Å². The Kier molecular flexibility index (Phi) is 7.46. The zero-order valence-electron chi connectivity index (χ0n) is 14.1. The molecule has 132 valence electrons. The van der Waals surface area contributed by atoms with Crippen LogP contribution in [0.15, 0.2) is 54.6 Å². The third-order valence-electron chi connectivity index (χ3n) is 3.31. The van der Waals surface area contributed by atoms with Crippen molar-refractivity contribution in [1.82, 2.24) is 5.32 Å². The molecule has 0 saturated carbocycles. The van der Waals surface area contributed by atoms with Crippen LogP contribution in [0.1, 0.15) is 0 Å². The molecule has 0 aliphatic heterocycles. The molecule has 0 bridgehead atoms. The molecule has 25 heavy (non-hydrogen) atoms. The van der Waals surface area contributed by atoms with Crippen LogP contribution >= 0.6 is 0 Å². The van der Waals surface area contributed by atoms with E-state index in [1.165, 1.54) is 7.11 Å². The highest BCUT2D eigenvalue weighted by Gasteiger charge is 2.10. The predicted molar refractivity (Wildman–Crippen MR) is 93.2 cm³/mol. The first kappa shape index (κ1) is 18.5. The minimum atomic E-state index is -0.607. The molecule has 0 atom stereocenters. The molecule has 1 amide bonds. The van der Waals surface area contributed by atoms with E-state index in [0.29, 0.717) is 18.9 Å². The Morgan fingerprint density at radius 2 is 1.68 bits per heavy atom. The van der Waals surface area contributed by atoms with Crippen molar-refractivity contribution in [2.75, 3.05) is 33.5 Å². The number of carbonyl (C=O) groups is 2. The first-order valence-electron chi connectivity index (χ1n) is 7.89. The summed E-state index contributed by atoms with van der Waals surface area (Å²) in [5.41, 5.74) is 1.87. The van der Waals surface area contributed by atoms with Crippen LogP contribution in [0.3, 0.4) is 0 Å². The fraction of sp³-hybridized carbons (Fsp3) is 0.263. The molecule has 0 spiro atoms. The number of rotatable bonds is 9. The monoisotopic (exact) mass is 343 g/mol. The Hall–Kier alpha value is -2.86. The maximum absolute atomic E-state index is 11.7. The fourth-order valence-electron chi connectivity index (χ4n) is 2.12. The summed E-state index contributed by atoms with van der Waals surface area (Å²) in [6.07, 6.45) is 0. The van der Waals surface area contributed by atoms with Gasteiger partial charge >= 0.3 is 5.97 Å². The lowest BCUT2D eigenvalue weighted by atomic mass is 10.1. The second kappa shape index (κ2) is 10.1. The van der Waals surface area contributed by atoms with Gasteiger partial charge in [-0.05, 0) is 11.6 Å². The molecule has 6 nitrogen and oxygen atoms in total. The molecule has 0 aliphatic rings. The Labute approximate surface area is 146 Å². The molecule has 0 unspecified atom stereocenters. The lowest BCUT2D eigenvalue weighted by Crippen LogP contribution is -2.32. The van der Waals surface area contributed by atoms with Crippen LogP contribution < -0.4 is 10.1 Å². The molecular weight excluding hydrogens is 322 g/mol. The van der Waals surface area contributed by atoms with Gasteiger partial charge in [0.25, 0.3) is 5.91 Å². The Bertz CT molecular complexity index is 687. The quantitative estimate of drug-likeness (QED) is 0.557. The summed E-state index contributed by atoms with van der Waals surface area (Å²) < 4.78 is 15.3. The first-order chi connectivity index (χ1) is 12.2. The third kappa shape index (κ3) is 6.27. The van der Waals surface area contributed by atoms with Gasteiger partial charge in [0.05, 0.1) is 6.61 Å². The van der Waals surface area contributed by atoms with E-state index in [1.807, 2.05) is 48.5 Å². The number of hydrogen-bond acceptors (Lipinski definition) is 5. The smallest absolute Gasteiger partial charge is 0.344 e. The second-order valence-corrected chi connectivity index (χ2v) is 5.15. The predicted octanol–water partition coefficient (Wildman–Crippen LogP) is 2.04. The minimum Gasteiger partial charge on any atom is -0.481 e. The molecule has 0 aromatic heterocycles. The highest BCUT2D eigenvalue weighted by atomic mass is 16.6. The van der Waals surface area contributed by atoms with Gasteiger partial charge < -0.3 is 19.5 Å². The van der Waals surface area contributed by atoms with E-state index < -0.39 is 5.97 Å². The molecule has 2 rings (SSSR count). The summed E-state index contributed by atoms with van der Waals surface area (Å²) in [5, 5.41) is 2.56. The molecule has 0 saturated heterocycles. The topological polar surface area (TPSA) is 73.9 Å². The number of carbonyl (C=O) groups excluding carboxylic acids is 2. The van der Waals surface area contributed by atoms with Crippen LogP contribution in [0, 0.1) is 0 Å². The van der Waals surface area contributed by atoms with Crippen molar-refractivity contribution in [1.29, 1.82) is 0 Å². The van der Waals surface area contributed by atoms with E-state index in [2.05, 4.69) is 5.32 Å². The maximum Gasteiger partial charge on any atom is 0.344 e. The summed E-state index contributed by atoms with van der Waals surface area (Å²) in [5.74, 6) is -0.407. The van der Waals surface area contributed by atoms with Crippen LogP contribution in [0.25, 0.3) is 11.1 Å². The van der Waals surface area contributed by atoms with Crippen LogP contribution in [-0.2, 0) is 19.1 Å². The number of benzene rings is 2. The van der Waals surface area contributed by atoms with Gasteiger partial charge in [-0.3, -0.25) is 4.79 Å². The number of esters is 1. The normalized spacial score (nSPS) is 10.1. The summed E-state index contributed by atoms with van der Waals surface area (Å²) in [7, 11) is 1.54. The lowest BCUT2D eigenvalue weighted by Gasteiger charge is -2.11. The Balaban J connectivity index is 1.83. The van der Waals surface area contributed by atoms with E-state index in [1.54, 1.807) is 6.07 Å². The average Bonchev–Trinajstić information content (AvgIpc) is 2.66. The summed E-state index contributed by atoms with van der Waals surface area (Å²) in [6.45, 7) is 0.161. The Morgan fingerprint density at radius 1 is 0.960 bits per heavy atom. The highest BCUT2D eigenvalue weighted by Crippen LogP contribution is 2.29. The van der Waals surface area contributed by atoms with Crippen LogP contribution in [0.5, 0.6) is 5.75 Å². The molecule has 2 aromatic rings. The van der Waals surface area contributed by atoms with Crippen molar-refractivity contribution >= 4 is 11.9 Å². The molecule has 6 heteroatoms. The maximum atomic E-state index is 11.7. The van der Waals surface area contributed by atoms with E-state index in [0.717, 1.165) is 11.1 Å². The van der Waals surface area contributed by atoms with E-state index in [9.17, 15) is 9.59 Å². The number of methoxy groups -OCH3 is 1. The average molecular weight is 343 g/mol. The van der Waals surface area contributed by atoms with E-state index >= 15 is 0 Å². The standard InChI is InChI=1S/C19H21NO5/c1-23-12-11-20-18(21)13-25-19(22)14-24-17-10-6-5-9-16(17)15-7-3-2-4-8-15/h2-10H,11-14H2,1H3,(H,20,21). The van der Waals surface area contributed by atoms with E-state index in [4.69, 9.17) is 14.2 Å². The summed E-state index contributed by atoms with van der Waals surface area (Å²) >= 11 is 0. The zero-order valence-corrected chi connectivity index (χ0v) is 14.1. The van der Waals surface area contributed by atoms with Crippen LogP contribution in [0.2, 0.25) is 0 Å². The van der Waals surface area contributed by atoms with Gasteiger partial charge in [-0.25, -0.2) is 4.79 Å². The van der Waals surface area contributed by atoms with Crippen molar-refractivity contribution in [2.24, 2.45) is 0 Å². The molecule has 0 aliphatic carbocycles. The van der Waals surface area contributed by atoms with E-state index in [-0.39, 0.29) is 19.1 Å². The van der Waals surface area contributed by atoms with Crippen molar-refractivity contribution in [3.05, 3.63) is 54.6 Å². The second-order valence-electron chi connectivity index (χ2n) is 5.15. The first-order valence-corrected chi connectivity index (χ1v) is 7.89. The van der Waals surface area contributed by atoms with Crippen molar-refractivity contribution in [3.8, 4) is 16.9 Å². The number of hydrogen-bond donors (Lipinski definition) is 1. The fourth-order valence-corrected chi connectivity index (χ4v) is 2.12. The molecule has 2 aromatic carbocycles. The molecule has 0 radical (unpaired) electrons. The van der Waals surface area contributed by atoms with Crippen molar-refractivity contribution < 1.29 is 23.8 Å². The van der Waals surface area contributed by atoms with Gasteiger partial charge in [0, 0.05) is 19.2 Å². The zero-order chi connectivity index (χ0) is 17.9. The van der Waals surface area contributed by atoms with Gasteiger partial charge in [-0.15, -0.1) is 0 Å². The highest BCUT2D eigenvalue weighted by molar-refractivity contribution is 5.81. The lowest BCUT2D eigenvalue weighted by molar-refractivity contribution is -0.150. The number of para-hydroxylation sites is 1. The molecule has 0 heterocycles. The third-order valence-corrected chi connectivity index (χ3v) is 3.31. The Morgan fingerprint density at radius 3 is 2.44 bits per heavy atom. The van der Waals surface area contributed by atoms with Crippen LogP contribution in [0.4, 0.5) is 0 Å². The van der Waals surface area contributed by atoms with Crippen molar-refractivity contribution in [3.63, 3.8) is 0 Å². The number of nitrogens with one attached hydrogen (secondary N) is 1. The molecular formula is C19H21NO5. The van der Waals surface area contributed by atoms with Gasteiger partial charge in [0.15, 0.2) is 13.2 Å². The van der Waals surface area contributed by atoms with Crippen LogP contribution in [-0.4, -0.2) is 45.4 Å². The largest absolute Gasteiger partial charge is 0.481 e. The SMILES string of the molecule is COCCNC(=O)COC(=O)COc1ccccc1-c1ccccc1. The minimum absolute atomic E-state index is 0.269. The van der Waals surface area contributed by atoms with Gasteiger partial charge in [0.1, 0.15) is 5.75 Å². The summed E-state index contributed by atoms with van der Waals surface area (Å²) in [6, 6.07) is 17.2. The summed E-state index contributed by atoms with van der Waals surface area (Å²) in [4.78, 5) is 23.2. The van der Waals surface area contributed by atoms with Gasteiger partial charge in [-0.2, -0.15) is 0 Å². The number of amides is 1. The van der Waals surface area contributed by atoms with Gasteiger partial charge in [-0.1, -0.05) is 48.5 Å². The number of ether oxygens (including phenoxy) is 3. The molecule has 0 fully saturated rings. The molecule has 1 N–H and O–H groups in total. The van der Waals surface area contributed by atoms with Crippen molar-refractivity contribution in [2.45, 2.75) is 0 Å².